The Labute approximate surface area is 55.5 Å². The Hall–Kier alpha value is -0.280. The predicted molar refractivity (Wildman–Crippen MR) is 22.2 cm³/mol. The van der Waals surface area contributed by atoms with Gasteiger partial charge in [-0.3, -0.25) is 0 Å². The maximum absolute atomic E-state index is 7.46. The zero-order valence-corrected chi connectivity index (χ0v) is 4.89. The quantitative estimate of drug-likeness (QED) is 0.335. The highest BCUT2D eigenvalue weighted by molar-refractivity contribution is 4.70. The van der Waals surface area contributed by atoms with Gasteiger partial charge in [0.1, 0.15) is 0 Å². The van der Waals surface area contributed by atoms with Crippen molar-refractivity contribution in [2.24, 2.45) is 0 Å². The molecule has 1 N–H and O–H groups in total. The first-order valence-electron chi connectivity index (χ1n) is 2.57. The summed E-state index contributed by atoms with van der Waals surface area (Å²) in [6.45, 7) is 0. The molecule has 0 spiro atoms. The minimum atomic E-state index is 0.0682. The molecule has 60 valence electrons. The highest BCUT2D eigenvalue weighted by Gasteiger charge is 2.24. The topological polar surface area (TPSA) is 75.6 Å². The second kappa shape index (κ2) is 4.52. The van der Waals surface area contributed by atoms with Crippen molar-refractivity contribution >= 4 is 0 Å². The summed E-state index contributed by atoms with van der Waals surface area (Å²) in [6, 6.07) is 0. The molecular weight excluding hydrogens is 148 g/mol. The molecule has 1 fully saturated rings. The van der Waals surface area contributed by atoms with Crippen molar-refractivity contribution in [2.45, 2.75) is 18.9 Å². The fraction of sp³-hybridized carbons (Fsp3) is 1.00. The van der Waals surface area contributed by atoms with Gasteiger partial charge in [-0.2, -0.15) is 0 Å². The van der Waals surface area contributed by atoms with E-state index in [1.165, 1.54) is 0 Å². The highest BCUT2D eigenvalue weighted by Crippen LogP contribution is 2.23. The average Bonchev–Trinajstić information content (AvgIpc) is 2.71. The van der Waals surface area contributed by atoms with Crippen LogP contribution in [0.25, 0.3) is 0 Å². The van der Waals surface area contributed by atoms with Gasteiger partial charge in [0, 0.05) is 0 Å². The van der Waals surface area contributed by atoms with Crippen molar-refractivity contribution in [2.75, 3.05) is 0 Å². The lowest BCUT2D eigenvalue weighted by Gasteiger charge is -1.95. The van der Waals surface area contributed by atoms with Crippen molar-refractivity contribution in [1.82, 2.24) is 0 Å². The standard InChI is InChI=1S/C3H6O7/c4-6-8-10-9-7-5-3-1-2-3/h3-4H,1-2H2. The lowest BCUT2D eigenvalue weighted by molar-refractivity contribution is -0.788. The van der Waals surface area contributed by atoms with Crippen LogP contribution >= 0.6 is 0 Å². The van der Waals surface area contributed by atoms with E-state index >= 15 is 0 Å². The van der Waals surface area contributed by atoms with Crippen molar-refractivity contribution in [3.05, 3.63) is 0 Å². The molecule has 7 heteroatoms. The van der Waals surface area contributed by atoms with E-state index in [0.717, 1.165) is 12.8 Å². The Morgan fingerprint density at radius 2 is 1.70 bits per heavy atom. The fourth-order valence-corrected chi connectivity index (χ4v) is 0.271. The third-order valence-electron chi connectivity index (χ3n) is 0.814. The van der Waals surface area contributed by atoms with Crippen LogP contribution in [0, 0.1) is 0 Å². The van der Waals surface area contributed by atoms with E-state index in [1.54, 1.807) is 0 Å². The van der Waals surface area contributed by atoms with Gasteiger partial charge in [0.15, 0.2) is 0 Å². The second-order valence-electron chi connectivity index (χ2n) is 1.64. The molecule has 7 nitrogen and oxygen atoms in total. The van der Waals surface area contributed by atoms with E-state index in [4.69, 9.17) is 5.26 Å². The summed E-state index contributed by atoms with van der Waals surface area (Å²) in [7, 11) is 0. The van der Waals surface area contributed by atoms with E-state index < -0.39 is 0 Å². The van der Waals surface area contributed by atoms with E-state index in [1.807, 2.05) is 0 Å². The Kier molecular flexibility index (Phi) is 3.54. The molecular formula is C3H6O7. The van der Waals surface area contributed by atoms with Gasteiger partial charge in [-0.15, -0.1) is 0 Å². The van der Waals surface area contributed by atoms with Crippen LogP contribution in [0.15, 0.2) is 0 Å². The normalized spacial score (nSPS) is 17.7. The molecule has 1 aliphatic rings. The molecule has 10 heavy (non-hydrogen) atoms. The molecule has 0 aromatic carbocycles. The number of hydrogen-bond donors (Lipinski definition) is 1. The fourth-order valence-electron chi connectivity index (χ4n) is 0.271. The second-order valence-corrected chi connectivity index (χ2v) is 1.64. The molecule has 1 aliphatic carbocycles. The lowest BCUT2D eigenvalue weighted by Crippen LogP contribution is -2.00. The molecule has 0 radical (unpaired) electrons. The van der Waals surface area contributed by atoms with E-state index in [-0.39, 0.29) is 6.10 Å². The summed E-state index contributed by atoms with van der Waals surface area (Å²) in [4.78, 5) is 4.44. The van der Waals surface area contributed by atoms with Gasteiger partial charge in [0.05, 0.1) is 6.10 Å². The Morgan fingerprint density at radius 3 is 2.30 bits per heavy atom. The van der Waals surface area contributed by atoms with Crippen LogP contribution in [0.4, 0.5) is 0 Å². The van der Waals surface area contributed by atoms with Crippen LogP contribution in [-0.2, 0) is 30.1 Å². The van der Waals surface area contributed by atoms with Crippen LogP contribution in [0.1, 0.15) is 12.8 Å². The lowest BCUT2D eigenvalue weighted by atomic mass is 10.9. The summed E-state index contributed by atoms with van der Waals surface area (Å²) in [6.07, 6.45) is 1.93. The van der Waals surface area contributed by atoms with Crippen molar-refractivity contribution < 1.29 is 35.3 Å². The summed E-state index contributed by atoms with van der Waals surface area (Å²) in [5.74, 6) is 0. The Balaban J connectivity index is 1.68. The van der Waals surface area contributed by atoms with Gasteiger partial charge in [0.2, 0.25) is 0 Å². The molecule has 0 heterocycles. The van der Waals surface area contributed by atoms with Crippen LogP contribution in [0.2, 0.25) is 0 Å². The minimum absolute atomic E-state index is 0.0682. The molecule has 1 saturated carbocycles. The van der Waals surface area contributed by atoms with Gasteiger partial charge in [-0.05, 0) is 38.0 Å². The zero-order valence-electron chi connectivity index (χ0n) is 4.89. The van der Waals surface area contributed by atoms with E-state index in [2.05, 4.69) is 30.1 Å². The maximum atomic E-state index is 7.46. The third-order valence-corrected chi connectivity index (χ3v) is 0.814. The first-order valence-corrected chi connectivity index (χ1v) is 2.57. The molecule has 1 rings (SSSR count). The minimum Gasteiger partial charge on any atom is -0.219 e. The Bertz CT molecular complexity index is 80.9. The predicted octanol–water partition coefficient (Wildman–Crippen LogP) is 0.296. The molecule has 0 saturated heterocycles. The van der Waals surface area contributed by atoms with Crippen LogP contribution in [0.5, 0.6) is 0 Å². The maximum Gasteiger partial charge on any atom is 0.0964 e. The van der Waals surface area contributed by atoms with Crippen molar-refractivity contribution in [3.8, 4) is 0 Å². The first-order chi connectivity index (χ1) is 4.93. The number of hydrogen-bond acceptors (Lipinski definition) is 7. The third kappa shape index (κ3) is 3.69. The van der Waals surface area contributed by atoms with Crippen LogP contribution in [-0.4, -0.2) is 11.4 Å². The van der Waals surface area contributed by atoms with Crippen LogP contribution < -0.4 is 0 Å². The monoisotopic (exact) mass is 154 g/mol. The highest BCUT2D eigenvalue weighted by atomic mass is 17.9. The number of rotatable bonds is 6. The SMILES string of the molecule is OOOOOOOC1CC1. The van der Waals surface area contributed by atoms with Gasteiger partial charge >= 0.3 is 0 Å². The summed E-state index contributed by atoms with van der Waals surface area (Å²) >= 11 is 0. The Morgan fingerprint density at radius 1 is 1.00 bits per heavy atom. The zero-order chi connectivity index (χ0) is 7.23. The van der Waals surface area contributed by atoms with Gasteiger partial charge < -0.3 is 0 Å². The molecule has 0 bridgehead atoms. The van der Waals surface area contributed by atoms with Crippen molar-refractivity contribution in [1.29, 1.82) is 0 Å². The molecule has 0 amide bonds. The smallest absolute Gasteiger partial charge is 0.0964 e. The molecule has 0 aromatic rings. The van der Waals surface area contributed by atoms with Crippen LogP contribution in [0.3, 0.4) is 0 Å². The van der Waals surface area contributed by atoms with E-state index in [9.17, 15) is 0 Å². The molecule has 0 unspecified atom stereocenters. The van der Waals surface area contributed by atoms with E-state index in [0.29, 0.717) is 0 Å². The largest absolute Gasteiger partial charge is 0.219 e. The summed E-state index contributed by atoms with van der Waals surface area (Å²) < 4.78 is 0. The molecule has 0 aliphatic heterocycles. The van der Waals surface area contributed by atoms with Gasteiger partial charge in [0.25, 0.3) is 0 Å². The van der Waals surface area contributed by atoms with Crippen molar-refractivity contribution in [3.63, 3.8) is 0 Å². The average molecular weight is 154 g/mol. The van der Waals surface area contributed by atoms with Gasteiger partial charge in [-0.25, -0.2) is 10.1 Å². The molecule has 0 aromatic heterocycles. The molecule has 0 atom stereocenters. The first kappa shape index (κ1) is 7.82. The van der Waals surface area contributed by atoms with Gasteiger partial charge in [-0.1, -0.05) is 0 Å². The summed E-state index contributed by atoms with van der Waals surface area (Å²) in [5.41, 5.74) is 0. The summed E-state index contributed by atoms with van der Waals surface area (Å²) in [5, 5.41) is 25.0.